The van der Waals surface area contributed by atoms with Crippen molar-refractivity contribution in [3.63, 3.8) is 0 Å². The third-order valence-electron chi connectivity index (χ3n) is 4.78. The lowest BCUT2D eigenvalue weighted by atomic mass is 9.64. The Balaban J connectivity index is 2.11. The van der Waals surface area contributed by atoms with Crippen LogP contribution in [0.2, 0.25) is 0 Å². The van der Waals surface area contributed by atoms with E-state index in [-0.39, 0.29) is 13.1 Å². The molecule has 1 fully saturated rings. The normalized spacial score (nSPS) is 27.7. The molecular weight excluding hydrogens is 338 g/mol. The predicted molar refractivity (Wildman–Crippen MR) is 79.5 cm³/mol. The number of nitrogens with zero attached hydrogens (tertiary/aromatic N) is 1. The molecule has 0 radical (unpaired) electrons. The third kappa shape index (κ3) is 2.21. The average molecular weight is 354 g/mol. The highest BCUT2D eigenvalue weighted by atomic mass is 79.9. The van der Waals surface area contributed by atoms with E-state index in [0.29, 0.717) is 0 Å². The van der Waals surface area contributed by atoms with E-state index >= 15 is 0 Å². The number of amides is 1. The standard InChI is InChI=1S/C15H16BrNO4/c16-10-3-4-11-9(6-10)2-1-5-15(11)8-17(14(20)21)7-12(15)13(18)19/h3-4,6,12H,1-2,5,7-8H2,(H,18,19)(H,20,21)/t12-,15-/m0/s1. The molecule has 21 heavy (non-hydrogen) atoms. The Morgan fingerprint density at radius 2 is 2.10 bits per heavy atom. The number of fused-ring (bicyclic) bond motifs is 2. The van der Waals surface area contributed by atoms with Crippen molar-refractivity contribution in [3.05, 3.63) is 33.8 Å². The van der Waals surface area contributed by atoms with E-state index in [4.69, 9.17) is 0 Å². The van der Waals surface area contributed by atoms with Gasteiger partial charge < -0.3 is 15.1 Å². The molecule has 0 unspecified atom stereocenters. The van der Waals surface area contributed by atoms with Crippen molar-refractivity contribution in [3.8, 4) is 0 Å². The van der Waals surface area contributed by atoms with Crippen molar-refractivity contribution < 1.29 is 19.8 Å². The summed E-state index contributed by atoms with van der Waals surface area (Å²) in [6.45, 7) is 0.341. The lowest BCUT2D eigenvalue weighted by molar-refractivity contribution is -0.143. The number of rotatable bonds is 1. The number of likely N-dealkylation sites (tertiary alicyclic amines) is 1. The zero-order valence-electron chi connectivity index (χ0n) is 11.4. The first-order chi connectivity index (χ1) is 9.94. The summed E-state index contributed by atoms with van der Waals surface area (Å²) < 4.78 is 0.971. The van der Waals surface area contributed by atoms with E-state index in [2.05, 4.69) is 15.9 Å². The van der Waals surface area contributed by atoms with Gasteiger partial charge in [-0.2, -0.15) is 0 Å². The number of hydrogen-bond acceptors (Lipinski definition) is 2. The third-order valence-corrected chi connectivity index (χ3v) is 5.28. The second kappa shape index (κ2) is 5.02. The smallest absolute Gasteiger partial charge is 0.407 e. The van der Waals surface area contributed by atoms with Gasteiger partial charge in [0.2, 0.25) is 0 Å². The quantitative estimate of drug-likeness (QED) is 0.813. The number of halogens is 1. The first-order valence-electron chi connectivity index (χ1n) is 6.93. The van der Waals surface area contributed by atoms with Crippen molar-refractivity contribution >= 4 is 28.0 Å². The van der Waals surface area contributed by atoms with Crippen LogP contribution in [-0.4, -0.2) is 40.3 Å². The van der Waals surface area contributed by atoms with Crippen LogP contribution in [0.15, 0.2) is 22.7 Å². The first-order valence-corrected chi connectivity index (χ1v) is 7.73. The summed E-state index contributed by atoms with van der Waals surface area (Å²) in [5.41, 5.74) is 1.56. The van der Waals surface area contributed by atoms with Gasteiger partial charge in [-0.25, -0.2) is 4.79 Å². The molecule has 0 saturated carbocycles. The fourth-order valence-electron chi connectivity index (χ4n) is 3.88. The lowest BCUT2D eigenvalue weighted by Gasteiger charge is -2.38. The van der Waals surface area contributed by atoms with E-state index in [1.165, 1.54) is 4.90 Å². The number of carboxylic acids is 1. The Bertz CT molecular complexity index is 618. The van der Waals surface area contributed by atoms with Gasteiger partial charge in [-0.1, -0.05) is 22.0 Å². The molecule has 1 heterocycles. The molecule has 112 valence electrons. The minimum absolute atomic E-state index is 0.0696. The van der Waals surface area contributed by atoms with Crippen LogP contribution in [0.25, 0.3) is 0 Å². The van der Waals surface area contributed by atoms with Crippen LogP contribution in [0.1, 0.15) is 24.0 Å². The van der Waals surface area contributed by atoms with Gasteiger partial charge in [0.25, 0.3) is 0 Å². The minimum Gasteiger partial charge on any atom is -0.481 e. The Morgan fingerprint density at radius 1 is 1.33 bits per heavy atom. The molecule has 1 spiro atoms. The molecule has 1 amide bonds. The van der Waals surface area contributed by atoms with Crippen LogP contribution < -0.4 is 0 Å². The molecule has 1 aromatic carbocycles. The number of carbonyl (C=O) groups is 2. The maximum absolute atomic E-state index is 11.7. The topological polar surface area (TPSA) is 77.8 Å². The van der Waals surface area contributed by atoms with Gasteiger partial charge in [0.15, 0.2) is 0 Å². The highest BCUT2D eigenvalue weighted by Gasteiger charge is 2.54. The van der Waals surface area contributed by atoms with Gasteiger partial charge in [-0.15, -0.1) is 0 Å². The van der Waals surface area contributed by atoms with Crippen LogP contribution >= 0.6 is 15.9 Å². The Labute approximate surface area is 130 Å². The first kappa shape index (κ1) is 14.4. The van der Waals surface area contributed by atoms with Crippen LogP contribution in [0.4, 0.5) is 4.79 Å². The van der Waals surface area contributed by atoms with Crippen LogP contribution in [0, 0.1) is 5.92 Å². The second-order valence-electron chi connectivity index (χ2n) is 5.87. The Kier molecular flexibility index (Phi) is 3.43. The van der Waals surface area contributed by atoms with Crippen molar-refractivity contribution in [2.45, 2.75) is 24.7 Å². The van der Waals surface area contributed by atoms with Crippen molar-refractivity contribution in [2.24, 2.45) is 5.92 Å². The predicted octanol–water partition coefficient (Wildman–Crippen LogP) is 2.72. The number of carboxylic acid groups (broad SMARTS) is 2. The van der Waals surface area contributed by atoms with Gasteiger partial charge in [0, 0.05) is 23.0 Å². The molecule has 1 saturated heterocycles. The van der Waals surface area contributed by atoms with Crippen molar-refractivity contribution in [1.82, 2.24) is 4.90 Å². The maximum atomic E-state index is 11.7. The van der Waals surface area contributed by atoms with Gasteiger partial charge in [-0.05, 0) is 42.5 Å². The summed E-state index contributed by atoms with van der Waals surface area (Å²) in [5.74, 6) is -1.58. The number of hydrogen-bond donors (Lipinski definition) is 2. The van der Waals surface area contributed by atoms with Crippen molar-refractivity contribution in [1.29, 1.82) is 0 Å². The second-order valence-corrected chi connectivity index (χ2v) is 6.78. The minimum atomic E-state index is -1.04. The Hall–Kier alpha value is -1.56. The molecular formula is C15H16BrNO4. The highest BCUT2D eigenvalue weighted by Crippen LogP contribution is 2.48. The van der Waals surface area contributed by atoms with Crippen LogP contribution in [0.3, 0.4) is 0 Å². The van der Waals surface area contributed by atoms with E-state index in [0.717, 1.165) is 34.9 Å². The van der Waals surface area contributed by atoms with E-state index in [1.807, 2.05) is 18.2 Å². The summed E-state index contributed by atoms with van der Waals surface area (Å²) >= 11 is 3.45. The zero-order valence-corrected chi connectivity index (χ0v) is 13.0. The molecule has 0 aromatic heterocycles. The SMILES string of the molecule is O=C(O)[C@@H]1CN(C(=O)O)C[C@]12CCCc1cc(Br)ccc12. The maximum Gasteiger partial charge on any atom is 0.407 e. The molecule has 6 heteroatoms. The number of aryl methyl sites for hydroxylation is 1. The van der Waals surface area contributed by atoms with E-state index in [1.54, 1.807) is 0 Å². The molecule has 2 aliphatic rings. The summed E-state index contributed by atoms with van der Waals surface area (Å²) in [6.07, 6.45) is 1.49. The van der Waals surface area contributed by atoms with Crippen molar-refractivity contribution in [2.75, 3.05) is 13.1 Å². The van der Waals surface area contributed by atoms with Gasteiger partial charge in [-0.3, -0.25) is 4.79 Å². The number of aliphatic carboxylic acids is 1. The molecule has 1 aromatic rings. The largest absolute Gasteiger partial charge is 0.481 e. The number of benzene rings is 1. The monoisotopic (exact) mass is 353 g/mol. The van der Waals surface area contributed by atoms with E-state index < -0.39 is 23.4 Å². The summed E-state index contributed by atoms with van der Waals surface area (Å²) in [7, 11) is 0. The van der Waals surface area contributed by atoms with Gasteiger partial charge in [0.05, 0.1) is 5.92 Å². The molecule has 1 aliphatic carbocycles. The highest BCUT2D eigenvalue weighted by molar-refractivity contribution is 9.10. The van der Waals surface area contributed by atoms with Gasteiger partial charge in [0.1, 0.15) is 0 Å². The lowest BCUT2D eigenvalue weighted by Crippen LogP contribution is -2.42. The summed E-state index contributed by atoms with van der Waals surface area (Å²) in [6, 6.07) is 5.90. The zero-order chi connectivity index (χ0) is 15.2. The molecule has 2 N–H and O–H groups in total. The molecule has 3 rings (SSSR count). The van der Waals surface area contributed by atoms with Crippen LogP contribution in [0.5, 0.6) is 0 Å². The molecule has 0 bridgehead atoms. The molecule has 5 nitrogen and oxygen atoms in total. The molecule has 1 aliphatic heterocycles. The summed E-state index contributed by atoms with van der Waals surface area (Å²) in [4.78, 5) is 24.2. The molecule has 2 atom stereocenters. The van der Waals surface area contributed by atoms with Crippen LogP contribution in [-0.2, 0) is 16.6 Å². The fourth-order valence-corrected chi connectivity index (χ4v) is 4.29. The Morgan fingerprint density at radius 3 is 2.76 bits per heavy atom. The fraction of sp³-hybridized carbons (Fsp3) is 0.467. The van der Waals surface area contributed by atoms with Gasteiger partial charge >= 0.3 is 12.1 Å². The van der Waals surface area contributed by atoms with E-state index in [9.17, 15) is 19.8 Å². The summed E-state index contributed by atoms with van der Waals surface area (Å²) in [5, 5.41) is 18.8. The average Bonchev–Trinajstić information content (AvgIpc) is 2.79.